The number of aromatic hydroxyl groups is 1. The molecule has 0 aliphatic carbocycles. The zero-order chi connectivity index (χ0) is 38.1. The lowest BCUT2D eigenvalue weighted by atomic mass is 9.81. The van der Waals surface area contributed by atoms with Crippen molar-refractivity contribution in [3.05, 3.63) is 75.8 Å². The van der Waals surface area contributed by atoms with Gasteiger partial charge in [0.25, 0.3) is 0 Å². The number of methoxy groups -OCH3 is 1. The fourth-order valence-corrected chi connectivity index (χ4v) is 6.97. The molecule has 0 saturated carbocycles. The van der Waals surface area contributed by atoms with Gasteiger partial charge in [0.15, 0.2) is 35.2 Å². The Labute approximate surface area is 303 Å². The minimum Gasteiger partial charge on any atom is -0.504 e. The van der Waals surface area contributed by atoms with Crippen LogP contribution in [0.15, 0.2) is 64.7 Å². The number of phenolic OH excluding ortho intramolecular Hbond substituents is 1. The minimum absolute atomic E-state index is 0.00617. The number of hydrogen-bond acceptors (Lipinski definition) is 16. The van der Waals surface area contributed by atoms with Crippen LogP contribution in [0.1, 0.15) is 51.7 Å². The lowest BCUT2D eigenvalue weighted by Crippen LogP contribution is -2.61. The van der Waals surface area contributed by atoms with E-state index in [0.717, 1.165) is 39.5 Å². The molecule has 2 aliphatic heterocycles. The van der Waals surface area contributed by atoms with Crippen molar-refractivity contribution in [1.29, 1.82) is 5.26 Å². The molecule has 2 aliphatic rings. The van der Waals surface area contributed by atoms with E-state index in [-0.39, 0.29) is 40.0 Å². The number of nitrogens with one attached hydrogen (secondary N) is 1. The summed E-state index contributed by atoms with van der Waals surface area (Å²) < 4.78 is 39.1. The van der Waals surface area contributed by atoms with Gasteiger partial charge < -0.3 is 43.6 Å². The van der Waals surface area contributed by atoms with Crippen molar-refractivity contribution < 1.29 is 62.2 Å². The van der Waals surface area contributed by atoms with Crippen LogP contribution >= 0.6 is 11.8 Å². The van der Waals surface area contributed by atoms with E-state index in [1.54, 1.807) is 37.3 Å². The molecule has 4 rings (SSSR count). The Balaban J connectivity index is 1.96. The normalized spacial score (nSPS) is 22.6. The average molecular weight is 739 g/mol. The molecule has 1 unspecified atom stereocenters. The third kappa shape index (κ3) is 9.22. The van der Waals surface area contributed by atoms with Gasteiger partial charge in [0.1, 0.15) is 12.7 Å². The van der Waals surface area contributed by atoms with Gasteiger partial charge in [-0.15, -0.1) is 0 Å². The first-order valence-electron chi connectivity index (χ1n) is 16.0. The molecule has 2 aromatic carbocycles. The summed E-state index contributed by atoms with van der Waals surface area (Å²) in [5.41, 5.74) is -0.0517. The molecule has 0 radical (unpaired) electrons. The van der Waals surface area contributed by atoms with Gasteiger partial charge in [-0.2, -0.15) is 5.26 Å². The number of benzene rings is 2. The lowest BCUT2D eigenvalue weighted by Gasteiger charge is -2.44. The summed E-state index contributed by atoms with van der Waals surface area (Å²) in [4.78, 5) is 62.7. The Morgan fingerprint density at radius 3 is 2.10 bits per heavy atom. The van der Waals surface area contributed by atoms with Crippen molar-refractivity contribution in [2.24, 2.45) is 0 Å². The molecule has 2 heterocycles. The number of carbonyl (C=O) groups is 5. The topological polar surface area (TPSA) is 206 Å². The van der Waals surface area contributed by atoms with E-state index < -0.39 is 72.2 Å². The summed E-state index contributed by atoms with van der Waals surface area (Å²) in [5.74, 6) is -5.01. The predicted octanol–water partition coefficient (Wildman–Crippen LogP) is 3.61. The van der Waals surface area contributed by atoms with Crippen molar-refractivity contribution in [3.63, 3.8) is 0 Å². The summed E-state index contributed by atoms with van der Waals surface area (Å²) in [7, 11) is 1.35. The van der Waals surface area contributed by atoms with Crippen LogP contribution in [0.4, 0.5) is 0 Å². The second kappa shape index (κ2) is 17.6. The smallest absolute Gasteiger partial charge is 0.337 e. The van der Waals surface area contributed by atoms with Crippen LogP contribution in [-0.2, 0) is 52.4 Å². The Kier molecular flexibility index (Phi) is 13.3. The van der Waals surface area contributed by atoms with Crippen molar-refractivity contribution in [2.75, 3.05) is 20.3 Å². The van der Waals surface area contributed by atoms with Crippen LogP contribution in [-0.4, -0.2) is 85.1 Å². The highest BCUT2D eigenvalue weighted by Gasteiger charge is 2.53. The quantitative estimate of drug-likeness (QED) is 0.236. The van der Waals surface area contributed by atoms with Gasteiger partial charge >= 0.3 is 29.8 Å². The molecule has 16 heteroatoms. The summed E-state index contributed by atoms with van der Waals surface area (Å²) in [5, 5.41) is 24.5. The SMILES string of the molecule is CCOC(=O)C1=C(c2ccccc2)NC(S[C@@H]2O[C@H](COC(C)=O)[C@@H](OC(C)=O)[C@H](OC(C)=O)[C@H]2OC(C)=O)=C(C#N)C1c1ccc(O)c(OC)c1. The third-order valence-corrected chi connectivity index (χ3v) is 8.90. The number of thioether (sulfide) groups is 1. The molecule has 2 N–H and O–H groups in total. The fraction of sp³-hybridized carbons (Fsp3) is 0.389. The molecular weight excluding hydrogens is 700 g/mol. The molecular formula is C36H38N2O13S. The van der Waals surface area contributed by atoms with Gasteiger partial charge in [-0.05, 0) is 30.2 Å². The molecule has 0 amide bonds. The van der Waals surface area contributed by atoms with E-state index in [4.69, 9.17) is 33.2 Å². The predicted molar refractivity (Wildman–Crippen MR) is 183 cm³/mol. The summed E-state index contributed by atoms with van der Waals surface area (Å²) >= 11 is 0.858. The van der Waals surface area contributed by atoms with Crippen molar-refractivity contribution in [3.8, 4) is 17.6 Å². The van der Waals surface area contributed by atoms with Gasteiger partial charge in [-0.1, -0.05) is 48.2 Å². The number of nitrogens with zero attached hydrogens (tertiary/aromatic N) is 1. The Morgan fingerprint density at radius 2 is 1.52 bits per heavy atom. The zero-order valence-corrected chi connectivity index (χ0v) is 30.0. The number of allylic oxidation sites excluding steroid dienone is 1. The zero-order valence-electron chi connectivity index (χ0n) is 29.2. The van der Waals surface area contributed by atoms with Crippen LogP contribution in [0, 0.1) is 11.3 Å². The maximum atomic E-state index is 13.8. The Morgan fingerprint density at radius 1 is 0.885 bits per heavy atom. The second-order valence-electron chi connectivity index (χ2n) is 11.4. The summed E-state index contributed by atoms with van der Waals surface area (Å²) in [6.07, 6.45) is -5.53. The second-order valence-corrected chi connectivity index (χ2v) is 12.5. The number of hydrogen-bond donors (Lipinski definition) is 2. The maximum absolute atomic E-state index is 13.8. The highest BCUT2D eigenvalue weighted by Crippen LogP contribution is 2.47. The van der Waals surface area contributed by atoms with E-state index in [1.807, 2.05) is 0 Å². The Hall–Kier alpha value is -5.53. The minimum atomic E-state index is -1.46. The van der Waals surface area contributed by atoms with Crippen molar-refractivity contribution in [2.45, 2.75) is 70.4 Å². The van der Waals surface area contributed by atoms with E-state index in [9.17, 15) is 34.3 Å². The van der Waals surface area contributed by atoms with Crippen LogP contribution < -0.4 is 10.1 Å². The first-order chi connectivity index (χ1) is 24.8. The standard InChI is InChI=1S/C36H38N2O13S/c1-7-46-35(44)29-28(23-13-14-25(43)26(15-23)45-6)24(16-37)34(38-30(29)22-11-9-8-10-12-22)52-36-33(50-21(5)42)32(49-20(4)41)31(48-19(3)40)27(51-36)17-47-18(2)39/h8-15,27-28,31-33,36,38,43H,7,17H2,1-6H3/t27-,28?,31-,32+,33-,36+/m1/s1. The number of ether oxygens (including phenoxy) is 7. The number of nitriles is 1. The maximum Gasteiger partial charge on any atom is 0.337 e. The van der Waals surface area contributed by atoms with Crippen LogP contribution in [0.3, 0.4) is 0 Å². The number of carbonyl (C=O) groups excluding carboxylic acids is 5. The first-order valence-corrected chi connectivity index (χ1v) is 16.9. The van der Waals surface area contributed by atoms with E-state index >= 15 is 0 Å². The number of dihydropyridines is 1. The van der Waals surface area contributed by atoms with E-state index in [1.165, 1.54) is 25.3 Å². The van der Waals surface area contributed by atoms with Gasteiger partial charge in [0.2, 0.25) is 0 Å². The van der Waals surface area contributed by atoms with Crippen LogP contribution in [0.2, 0.25) is 0 Å². The molecule has 52 heavy (non-hydrogen) atoms. The molecule has 1 fully saturated rings. The number of rotatable bonds is 12. The van der Waals surface area contributed by atoms with Crippen molar-refractivity contribution >= 4 is 47.3 Å². The summed E-state index contributed by atoms with van der Waals surface area (Å²) in [6.45, 7) is 5.71. The highest BCUT2D eigenvalue weighted by atomic mass is 32.2. The van der Waals surface area contributed by atoms with Crippen molar-refractivity contribution in [1.82, 2.24) is 5.32 Å². The van der Waals surface area contributed by atoms with E-state index in [2.05, 4.69) is 11.4 Å². The molecule has 15 nitrogen and oxygen atoms in total. The number of esters is 5. The Bertz CT molecular complexity index is 1800. The van der Waals surface area contributed by atoms with Gasteiger partial charge in [0.05, 0.1) is 47.6 Å². The van der Waals surface area contributed by atoms with Gasteiger partial charge in [0, 0.05) is 27.7 Å². The number of phenols is 1. The molecule has 2 aromatic rings. The van der Waals surface area contributed by atoms with Gasteiger partial charge in [-0.3, -0.25) is 19.2 Å². The molecule has 0 bridgehead atoms. The largest absolute Gasteiger partial charge is 0.504 e. The third-order valence-electron chi connectivity index (χ3n) is 7.73. The summed E-state index contributed by atoms with van der Waals surface area (Å²) in [6, 6.07) is 15.3. The first kappa shape index (κ1) is 39.3. The average Bonchev–Trinajstić information content (AvgIpc) is 3.09. The highest BCUT2D eigenvalue weighted by molar-refractivity contribution is 8.03. The molecule has 0 spiro atoms. The van der Waals surface area contributed by atoms with Crippen LogP contribution in [0.5, 0.6) is 11.5 Å². The fourth-order valence-electron chi connectivity index (χ4n) is 5.74. The molecule has 6 atom stereocenters. The van der Waals surface area contributed by atoms with Gasteiger partial charge in [-0.25, -0.2) is 4.79 Å². The monoisotopic (exact) mass is 738 g/mol. The van der Waals surface area contributed by atoms with E-state index in [0.29, 0.717) is 11.1 Å². The molecule has 276 valence electrons. The lowest BCUT2D eigenvalue weighted by molar-refractivity contribution is -0.237. The molecule has 1 saturated heterocycles. The molecule has 0 aromatic heterocycles. The van der Waals surface area contributed by atoms with Crippen LogP contribution in [0.25, 0.3) is 5.70 Å².